The monoisotopic (exact) mass is 261 g/mol. The van der Waals surface area contributed by atoms with Crippen LogP contribution in [0, 0.1) is 5.41 Å². The van der Waals surface area contributed by atoms with Crippen molar-refractivity contribution in [3.63, 3.8) is 0 Å². The largest absolute Gasteiger partial charge is 0.493 e. The first kappa shape index (κ1) is 12.9. The van der Waals surface area contributed by atoms with Crippen LogP contribution in [0.5, 0.6) is 5.75 Å². The van der Waals surface area contributed by atoms with Gasteiger partial charge in [-0.2, -0.15) is 0 Å². The molecule has 0 radical (unpaired) electrons. The topological polar surface area (TPSA) is 44.5 Å². The van der Waals surface area contributed by atoms with E-state index in [0.717, 1.165) is 38.2 Å². The third-order valence-electron chi connectivity index (χ3n) is 4.53. The van der Waals surface area contributed by atoms with Gasteiger partial charge in [0.15, 0.2) is 0 Å². The van der Waals surface area contributed by atoms with Crippen LogP contribution < -0.4 is 10.5 Å². The second-order valence-corrected chi connectivity index (χ2v) is 5.95. The zero-order valence-corrected chi connectivity index (χ0v) is 11.4. The van der Waals surface area contributed by atoms with Crippen molar-refractivity contribution in [2.75, 3.05) is 19.8 Å². The lowest BCUT2D eigenvalue weighted by Gasteiger charge is -2.37. The van der Waals surface area contributed by atoms with Gasteiger partial charge in [0.25, 0.3) is 0 Å². The van der Waals surface area contributed by atoms with Crippen molar-refractivity contribution in [2.45, 2.75) is 38.2 Å². The molecule has 3 heteroatoms. The van der Waals surface area contributed by atoms with Gasteiger partial charge < -0.3 is 15.2 Å². The molecule has 1 saturated heterocycles. The highest BCUT2D eigenvalue weighted by molar-refractivity contribution is 5.36. The molecule has 2 unspecified atom stereocenters. The van der Waals surface area contributed by atoms with Gasteiger partial charge in [0.05, 0.1) is 12.7 Å². The van der Waals surface area contributed by atoms with Crippen LogP contribution in [0.25, 0.3) is 0 Å². The molecule has 3 nitrogen and oxygen atoms in total. The van der Waals surface area contributed by atoms with Gasteiger partial charge in [-0.05, 0) is 43.7 Å². The average molecular weight is 261 g/mol. The Bertz CT molecular complexity index is 429. The highest BCUT2D eigenvalue weighted by atomic mass is 16.5. The number of hydrogen-bond acceptors (Lipinski definition) is 3. The molecule has 0 aliphatic carbocycles. The van der Waals surface area contributed by atoms with Crippen LogP contribution in [-0.2, 0) is 11.2 Å². The predicted molar refractivity (Wildman–Crippen MR) is 75.3 cm³/mol. The van der Waals surface area contributed by atoms with Crippen molar-refractivity contribution >= 4 is 0 Å². The van der Waals surface area contributed by atoms with Crippen molar-refractivity contribution in [1.82, 2.24) is 0 Å². The number of fused-ring (bicyclic) bond motifs is 1. The standard InChI is InChI=1S/C16H23NO2/c17-11-16(8-7-14-5-3-9-18-14)10-13-4-1-2-6-15(13)19-12-16/h1-2,4,6,14H,3,5,7-12,17H2. The SMILES string of the molecule is NCC1(CCC2CCCO2)COc2ccccc2C1. The minimum Gasteiger partial charge on any atom is -0.493 e. The minimum absolute atomic E-state index is 0.0975. The quantitative estimate of drug-likeness (QED) is 0.905. The van der Waals surface area contributed by atoms with Crippen LogP contribution in [0.15, 0.2) is 24.3 Å². The van der Waals surface area contributed by atoms with E-state index < -0.39 is 0 Å². The van der Waals surface area contributed by atoms with E-state index in [1.54, 1.807) is 0 Å². The molecule has 0 aromatic heterocycles. The van der Waals surface area contributed by atoms with Gasteiger partial charge in [-0.3, -0.25) is 0 Å². The molecule has 2 N–H and O–H groups in total. The first-order valence-corrected chi connectivity index (χ1v) is 7.34. The van der Waals surface area contributed by atoms with Crippen molar-refractivity contribution in [3.05, 3.63) is 29.8 Å². The van der Waals surface area contributed by atoms with Gasteiger partial charge in [-0.15, -0.1) is 0 Å². The van der Waals surface area contributed by atoms with E-state index in [1.807, 2.05) is 6.07 Å². The molecule has 104 valence electrons. The summed E-state index contributed by atoms with van der Waals surface area (Å²) in [6.45, 7) is 2.36. The molecule has 0 saturated carbocycles. The van der Waals surface area contributed by atoms with Gasteiger partial charge >= 0.3 is 0 Å². The van der Waals surface area contributed by atoms with Crippen molar-refractivity contribution in [2.24, 2.45) is 11.1 Å². The Morgan fingerprint density at radius 3 is 3.00 bits per heavy atom. The van der Waals surface area contributed by atoms with Gasteiger partial charge in [0.2, 0.25) is 0 Å². The third-order valence-corrected chi connectivity index (χ3v) is 4.53. The summed E-state index contributed by atoms with van der Waals surface area (Å²) in [5, 5.41) is 0. The molecule has 0 bridgehead atoms. The first-order chi connectivity index (χ1) is 9.31. The summed E-state index contributed by atoms with van der Waals surface area (Å²) < 4.78 is 11.6. The highest BCUT2D eigenvalue weighted by Gasteiger charge is 2.35. The van der Waals surface area contributed by atoms with E-state index in [-0.39, 0.29) is 5.41 Å². The number of benzene rings is 1. The molecule has 0 amide bonds. The van der Waals surface area contributed by atoms with E-state index in [2.05, 4.69) is 18.2 Å². The number of rotatable bonds is 4. The van der Waals surface area contributed by atoms with E-state index in [4.69, 9.17) is 15.2 Å². The second kappa shape index (κ2) is 5.51. The fourth-order valence-corrected chi connectivity index (χ4v) is 3.21. The Hall–Kier alpha value is -1.06. The summed E-state index contributed by atoms with van der Waals surface area (Å²) >= 11 is 0. The Balaban J connectivity index is 1.67. The predicted octanol–water partition coefficient (Wildman–Crippen LogP) is 2.53. The molecule has 0 spiro atoms. The van der Waals surface area contributed by atoms with E-state index in [9.17, 15) is 0 Å². The summed E-state index contributed by atoms with van der Waals surface area (Å²) in [7, 11) is 0. The van der Waals surface area contributed by atoms with Crippen LogP contribution in [0.1, 0.15) is 31.2 Å². The molecular formula is C16H23NO2. The maximum absolute atomic E-state index is 6.06. The van der Waals surface area contributed by atoms with E-state index in [0.29, 0.717) is 12.6 Å². The molecule has 1 fully saturated rings. The number of ether oxygens (including phenoxy) is 2. The fourth-order valence-electron chi connectivity index (χ4n) is 3.21. The van der Waals surface area contributed by atoms with Crippen LogP contribution in [0.4, 0.5) is 0 Å². The smallest absolute Gasteiger partial charge is 0.122 e. The number of para-hydroxylation sites is 1. The Morgan fingerprint density at radius 2 is 2.21 bits per heavy atom. The average Bonchev–Trinajstić information content (AvgIpc) is 2.98. The maximum Gasteiger partial charge on any atom is 0.122 e. The molecule has 1 aromatic rings. The van der Waals surface area contributed by atoms with E-state index >= 15 is 0 Å². The van der Waals surface area contributed by atoms with Crippen LogP contribution in [0.2, 0.25) is 0 Å². The van der Waals surface area contributed by atoms with Crippen LogP contribution in [0.3, 0.4) is 0 Å². The van der Waals surface area contributed by atoms with Gasteiger partial charge in [-0.25, -0.2) is 0 Å². The molecule has 19 heavy (non-hydrogen) atoms. The molecule has 3 rings (SSSR count). The molecule has 2 atom stereocenters. The zero-order valence-electron chi connectivity index (χ0n) is 11.4. The molecule has 2 heterocycles. The third kappa shape index (κ3) is 2.77. The lowest BCUT2D eigenvalue weighted by molar-refractivity contribution is 0.0659. The summed E-state index contributed by atoms with van der Waals surface area (Å²) in [5.41, 5.74) is 7.45. The fraction of sp³-hybridized carbons (Fsp3) is 0.625. The van der Waals surface area contributed by atoms with Gasteiger partial charge in [-0.1, -0.05) is 18.2 Å². The Kier molecular flexibility index (Phi) is 3.76. The Labute approximate surface area is 115 Å². The lowest BCUT2D eigenvalue weighted by atomic mass is 9.76. The number of nitrogens with two attached hydrogens (primary N) is 1. The van der Waals surface area contributed by atoms with E-state index in [1.165, 1.54) is 18.4 Å². The normalized spacial score (nSPS) is 29.8. The molecular weight excluding hydrogens is 238 g/mol. The van der Waals surface area contributed by atoms with Crippen molar-refractivity contribution in [1.29, 1.82) is 0 Å². The van der Waals surface area contributed by atoms with Crippen molar-refractivity contribution in [3.8, 4) is 5.75 Å². The first-order valence-electron chi connectivity index (χ1n) is 7.34. The van der Waals surface area contributed by atoms with Crippen LogP contribution in [-0.4, -0.2) is 25.9 Å². The zero-order chi connectivity index (χ0) is 13.1. The lowest BCUT2D eigenvalue weighted by Crippen LogP contribution is -2.41. The van der Waals surface area contributed by atoms with Gasteiger partial charge in [0.1, 0.15) is 5.75 Å². The molecule has 2 aliphatic rings. The summed E-state index contributed by atoms with van der Waals surface area (Å²) in [4.78, 5) is 0. The molecule has 2 aliphatic heterocycles. The maximum atomic E-state index is 6.06. The second-order valence-electron chi connectivity index (χ2n) is 5.95. The van der Waals surface area contributed by atoms with Crippen LogP contribution >= 0.6 is 0 Å². The highest BCUT2D eigenvalue weighted by Crippen LogP contribution is 2.38. The van der Waals surface area contributed by atoms with Crippen molar-refractivity contribution < 1.29 is 9.47 Å². The Morgan fingerprint density at radius 1 is 1.32 bits per heavy atom. The summed E-state index contributed by atoms with van der Waals surface area (Å²) in [6, 6.07) is 8.32. The summed E-state index contributed by atoms with van der Waals surface area (Å²) in [6.07, 6.45) is 6.11. The summed E-state index contributed by atoms with van der Waals surface area (Å²) in [5.74, 6) is 1.03. The minimum atomic E-state index is 0.0975. The molecule has 1 aromatic carbocycles. The number of hydrogen-bond donors (Lipinski definition) is 1. The van der Waals surface area contributed by atoms with Gasteiger partial charge in [0, 0.05) is 18.6 Å².